The molecular formula is C7H15F. The minimum atomic E-state index is -0.537. The molecule has 0 radical (unpaired) electrons. The van der Waals surface area contributed by atoms with Crippen LogP contribution < -0.4 is 0 Å². The van der Waals surface area contributed by atoms with Crippen LogP contribution in [-0.4, -0.2) is 6.17 Å². The van der Waals surface area contributed by atoms with Gasteiger partial charge in [0.25, 0.3) is 0 Å². The molecule has 0 saturated carbocycles. The molecule has 0 amide bonds. The number of rotatable bonds is 4. The second kappa shape index (κ2) is 5.07. The van der Waals surface area contributed by atoms with Gasteiger partial charge in [0.15, 0.2) is 0 Å². The van der Waals surface area contributed by atoms with E-state index in [1.54, 1.807) is 0 Å². The van der Waals surface area contributed by atoms with Gasteiger partial charge < -0.3 is 0 Å². The van der Waals surface area contributed by atoms with E-state index in [1.807, 2.05) is 13.8 Å². The first-order chi connectivity index (χ1) is 3.81. The van der Waals surface area contributed by atoms with E-state index in [2.05, 4.69) is 0 Å². The van der Waals surface area contributed by atoms with Crippen molar-refractivity contribution in [3.8, 4) is 0 Å². The van der Waals surface area contributed by atoms with Crippen molar-refractivity contribution in [2.45, 2.75) is 45.7 Å². The first-order valence-corrected chi connectivity index (χ1v) is 3.45. The molecule has 0 aromatic carbocycles. The smallest absolute Gasteiger partial charge is 0.100 e. The van der Waals surface area contributed by atoms with Crippen LogP contribution in [0.1, 0.15) is 39.5 Å². The third-order valence-electron chi connectivity index (χ3n) is 1.20. The molecule has 8 heavy (non-hydrogen) atoms. The molecule has 0 atom stereocenters. The van der Waals surface area contributed by atoms with Gasteiger partial charge in [0.05, 0.1) is 0 Å². The van der Waals surface area contributed by atoms with E-state index in [0.29, 0.717) is 0 Å². The van der Waals surface area contributed by atoms with Crippen LogP contribution in [0.3, 0.4) is 0 Å². The summed E-state index contributed by atoms with van der Waals surface area (Å²) in [6.07, 6.45) is 2.90. The van der Waals surface area contributed by atoms with Crippen LogP contribution in [0.25, 0.3) is 0 Å². The normalized spacial score (nSPS) is 10.5. The van der Waals surface area contributed by atoms with Crippen LogP contribution in [0.2, 0.25) is 0 Å². The lowest BCUT2D eigenvalue weighted by Crippen LogP contribution is -1.96. The highest BCUT2D eigenvalue weighted by atomic mass is 19.1. The highest BCUT2D eigenvalue weighted by Crippen LogP contribution is 2.07. The van der Waals surface area contributed by atoms with Crippen LogP contribution >= 0.6 is 0 Å². The van der Waals surface area contributed by atoms with Crippen molar-refractivity contribution in [1.29, 1.82) is 0 Å². The Balaban J connectivity index is 2.92. The Morgan fingerprint density at radius 2 is 1.50 bits per heavy atom. The predicted octanol–water partition coefficient (Wildman–Crippen LogP) is 2.92. The average Bonchev–Trinajstić information content (AvgIpc) is 1.68. The molecule has 50 valence electrons. The lowest BCUT2D eigenvalue weighted by molar-refractivity contribution is 0.292. The minimum Gasteiger partial charge on any atom is -0.247 e. The van der Waals surface area contributed by atoms with Gasteiger partial charge >= 0.3 is 0 Å². The van der Waals surface area contributed by atoms with Gasteiger partial charge in [-0.3, -0.25) is 0 Å². The monoisotopic (exact) mass is 118 g/mol. The Bertz CT molecular complexity index is 37.7. The fraction of sp³-hybridized carbons (Fsp3) is 1.00. The van der Waals surface area contributed by atoms with E-state index in [-0.39, 0.29) is 0 Å². The summed E-state index contributed by atoms with van der Waals surface area (Å²) in [5, 5.41) is 0. The molecule has 0 aliphatic rings. The topological polar surface area (TPSA) is 0 Å². The first kappa shape index (κ1) is 7.93. The zero-order valence-corrected chi connectivity index (χ0v) is 5.78. The highest BCUT2D eigenvalue weighted by molar-refractivity contribution is 4.51. The van der Waals surface area contributed by atoms with Gasteiger partial charge in [-0.25, -0.2) is 4.39 Å². The van der Waals surface area contributed by atoms with Crippen molar-refractivity contribution in [2.24, 2.45) is 0 Å². The van der Waals surface area contributed by atoms with E-state index >= 15 is 0 Å². The molecule has 0 heterocycles. The van der Waals surface area contributed by atoms with Gasteiger partial charge in [-0.15, -0.1) is 0 Å². The Morgan fingerprint density at radius 3 is 1.75 bits per heavy atom. The van der Waals surface area contributed by atoms with Crippen molar-refractivity contribution in [3.63, 3.8) is 0 Å². The molecule has 0 bridgehead atoms. The Kier molecular flexibility index (Phi) is 5.03. The second-order valence-electron chi connectivity index (χ2n) is 2.17. The van der Waals surface area contributed by atoms with Crippen molar-refractivity contribution >= 4 is 0 Å². The van der Waals surface area contributed by atoms with Crippen molar-refractivity contribution in [3.05, 3.63) is 0 Å². The summed E-state index contributed by atoms with van der Waals surface area (Å²) in [5.41, 5.74) is 0. The lowest BCUT2D eigenvalue weighted by atomic mass is 10.1. The molecule has 0 aliphatic heterocycles. The highest BCUT2D eigenvalue weighted by Gasteiger charge is 2.00. The molecule has 1 heteroatoms. The van der Waals surface area contributed by atoms with Crippen LogP contribution in [0, 0.1) is 0 Å². The maximum absolute atomic E-state index is 12.4. The Hall–Kier alpha value is -0.0700. The van der Waals surface area contributed by atoms with E-state index in [9.17, 15) is 4.39 Å². The molecule has 0 nitrogen and oxygen atoms in total. The van der Waals surface area contributed by atoms with Crippen molar-refractivity contribution in [1.82, 2.24) is 0 Å². The Labute approximate surface area is 51.1 Å². The molecule has 0 aromatic heterocycles. The number of hydrogen-bond acceptors (Lipinski definition) is 0. The lowest BCUT2D eigenvalue weighted by Gasteiger charge is -2.01. The fourth-order valence-corrected chi connectivity index (χ4v) is 0.771. The molecule has 0 aromatic rings. The molecule has 0 saturated heterocycles. The zero-order valence-electron chi connectivity index (χ0n) is 5.78. The van der Waals surface area contributed by atoms with E-state index < -0.39 is 6.17 Å². The summed E-state index contributed by atoms with van der Waals surface area (Å²) in [7, 11) is 0. The maximum atomic E-state index is 12.4. The summed E-state index contributed by atoms with van der Waals surface area (Å²) in [4.78, 5) is 0. The summed E-state index contributed by atoms with van der Waals surface area (Å²) in [6.45, 7) is 4.03. The van der Waals surface area contributed by atoms with Gasteiger partial charge in [0.1, 0.15) is 6.17 Å². The number of hydrogen-bond donors (Lipinski definition) is 0. The molecular weight excluding hydrogens is 103 g/mol. The van der Waals surface area contributed by atoms with Crippen LogP contribution in [0.5, 0.6) is 0 Å². The van der Waals surface area contributed by atoms with Crippen LogP contribution in [0.15, 0.2) is 0 Å². The summed E-state index contributed by atoms with van der Waals surface area (Å²) in [6, 6.07) is 0. The number of halogens is 1. The SMILES string of the molecule is CCCC(F)CCC. The fourth-order valence-electron chi connectivity index (χ4n) is 0.771. The molecule has 0 aliphatic carbocycles. The average molecular weight is 118 g/mol. The van der Waals surface area contributed by atoms with Crippen LogP contribution in [0.4, 0.5) is 4.39 Å². The van der Waals surface area contributed by atoms with Crippen molar-refractivity contribution < 1.29 is 4.39 Å². The molecule has 0 spiro atoms. The van der Waals surface area contributed by atoms with Gasteiger partial charge in [-0.05, 0) is 12.8 Å². The third-order valence-corrected chi connectivity index (χ3v) is 1.20. The van der Waals surface area contributed by atoms with Gasteiger partial charge in [0, 0.05) is 0 Å². The zero-order chi connectivity index (χ0) is 6.41. The summed E-state index contributed by atoms with van der Waals surface area (Å²) >= 11 is 0. The van der Waals surface area contributed by atoms with Gasteiger partial charge in [-0.1, -0.05) is 26.7 Å². The summed E-state index contributed by atoms with van der Waals surface area (Å²) in [5.74, 6) is 0. The van der Waals surface area contributed by atoms with Gasteiger partial charge in [0.2, 0.25) is 0 Å². The van der Waals surface area contributed by atoms with Crippen LogP contribution in [-0.2, 0) is 0 Å². The standard InChI is InChI=1S/C7H15F/c1-3-5-7(8)6-4-2/h7H,3-6H2,1-2H3. The first-order valence-electron chi connectivity index (χ1n) is 3.45. The van der Waals surface area contributed by atoms with E-state index in [1.165, 1.54) is 0 Å². The van der Waals surface area contributed by atoms with E-state index in [0.717, 1.165) is 25.7 Å². The molecule has 0 rings (SSSR count). The minimum absolute atomic E-state index is 0.537. The predicted molar refractivity (Wildman–Crippen MR) is 34.7 cm³/mol. The van der Waals surface area contributed by atoms with Crippen molar-refractivity contribution in [2.75, 3.05) is 0 Å². The molecule has 0 fully saturated rings. The quantitative estimate of drug-likeness (QED) is 0.532. The molecule has 0 unspecified atom stereocenters. The summed E-state index contributed by atoms with van der Waals surface area (Å²) < 4.78 is 12.4. The largest absolute Gasteiger partial charge is 0.247 e. The molecule has 0 N–H and O–H groups in total. The second-order valence-corrected chi connectivity index (χ2v) is 2.17. The maximum Gasteiger partial charge on any atom is 0.100 e. The third kappa shape index (κ3) is 4.10. The van der Waals surface area contributed by atoms with Gasteiger partial charge in [-0.2, -0.15) is 0 Å². The number of alkyl halides is 1. The van der Waals surface area contributed by atoms with E-state index in [4.69, 9.17) is 0 Å². The Morgan fingerprint density at radius 1 is 1.12 bits per heavy atom.